The zero-order chi connectivity index (χ0) is 13.8. The second kappa shape index (κ2) is 5.89. The van der Waals surface area contributed by atoms with E-state index in [4.69, 9.17) is 5.11 Å². The van der Waals surface area contributed by atoms with Crippen LogP contribution in [0.25, 0.3) is 0 Å². The highest BCUT2D eigenvalue weighted by atomic mass is 19.4. The average Bonchev–Trinajstić information content (AvgIpc) is 2.28. The standard InChI is InChI=1S/C13H15F3O2/c1-2-3-10(12(17)18)8-9-4-6-11(7-5-9)13(14,15)16/h4-7,10H,2-3,8H2,1H3,(H,17,18). The molecule has 0 fully saturated rings. The van der Waals surface area contributed by atoms with Gasteiger partial charge in [0.25, 0.3) is 0 Å². The van der Waals surface area contributed by atoms with Crippen molar-refractivity contribution in [3.63, 3.8) is 0 Å². The summed E-state index contributed by atoms with van der Waals surface area (Å²) < 4.78 is 37.0. The number of aliphatic carboxylic acids is 1. The average molecular weight is 260 g/mol. The van der Waals surface area contributed by atoms with E-state index >= 15 is 0 Å². The maximum absolute atomic E-state index is 12.3. The first-order valence-electron chi connectivity index (χ1n) is 5.73. The molecule has 0 aliphatic heterocycles. The van der Waals surface area contributed by atoms with Crippen LogP contribution in [0.2, 0.25) is 0 Å². The number of benzene rings is 1. The molecule has 1 rings (SSSR count). The van der Waals surface area contributed by atoms with Crippen LogP contribution in [0.4, 0.5) is 13.2 Å². The van der Waals surface area contributed by atoms with Crippen molar-refractivity contribution in [1.82, 2.24) is 0 Å². The summed E-state index contributed by atoms with van der Waals surface area (Å²) in [6, 6.07) is 4.66. The van der Waals surface area contributed by atoms with Crippen molar-refractivity contribution in [2.75, 3.05) is 0 Å². The van der Waals surface area contributed by atoms with Gasteiger partial charge in [0.15, 0.2) is 0 Å². The largest absolute Gasteiger partial charge is 0.481 e. The Bertz CT molecular complexity index is 396. The lowest BCUT2D eigenvalue weighted by atomic mass is 9.95. The lowest BCUT2D eigenvalue weighted by Crippen LogP contribution is -2.16. The predicted octanol–water partition coefficient (Wildman–Crippen LogP) is 3.75. The SMILES string of the molecule is CCCC(Cc1ccc(C(F)(F)F)cc1)C(=O)O. The highest BCUT2D eigenvalue weighted by Gasteiger charge is 2.30. The van der Waals surface area contributed by atoms with Crippen molar-refractivity contribution < 1.29 is 23.1 Å². The Morgan fingerprint density at radius 3 is 2.22 bits per heavy atom. The van der Waals surface area contributed by atoms with Crippen LogP contribution < -0.4 is 0 Å². The fraction of sp³-hybridized carbons (Fsp3) is 0.462. The first-order chi connectivity index (χ1) is 8.34. The fourth-order valence-electron chi connectivity index (χ4n) is 1.78. The lowest BCUT2D eigenvalue weighted by Gasteiger charge is -2.12. The summed E-state index contributed by atoms with van der Waals surface area (Å²) in [6.07, 6.45) is -2.83. The summed E-state index contributed by atoms with van der Waals surface area (Å²) in [5.74, 6) is -1.44. The Morgan fingerprint density at radius 1 is 1.28 bits per heavy atom. The van der Waals surface area contributed by atoms with Crippen LogP contribution in [0.3, 0.4) is 0 Å². The predicted molar refractivity (Wildman–Crippen MR) is 61.2 cm³/mol. The zero-order valence-corrected chi connectivity index (χ0v) is 10.00. The summed E-state index contributed by atoms with van der Waals surface area (Å²) in [4.78, 5) is 10.9. The maximum atomic E-state index is 12.3. The molecule has 0 amide bonds. The van der Waals surface area contributed by atoms with E-state index in [0.29, 0.717) is 12.0 Å². The van der Waals surface area contributed by atoms with E-state index < -0.39 is 23.6 Å². The summed E-state index contributed by atoms with van der Waals surface area (Å²) in [7, 11) is 0. The van der Waals surface area contributed by atoms with Gasteiger partial charge in [0, 0.05) is 0 Å². The van der Waals surface area contributed by atoms with E-state index in [9.17, 15) is 18.0 Å². The third-order valence-corrected chi connectivity index (χ3v) is 2.75. The number of rotatable bonds is 5. The minimum absolute atomic E-state index is 0.265. The van der Waals surface area contributed by atoms with Gasteiger partial charge in [-0.15, -0.1) is 0 Å². The van der Waals surface area contributed by atoms with Gasteiger partial charge in [-0.2, -0.15) is 13.2 Å². The summed E-state index contributed by atoms with van der Waals surface area (Å²) in [6.45, 7) is 1.88. The van der Waals surface area contributed by atoms with Crippen molar-refractivity contribution in [2.24, 2.45) is 5.92 Å². The van der Waals surface area contributed by atoms with Crippen LogP contribution in [0.5, 0.6) is 0 Å². The molecule has 0 saturated heterocycles. The molecule has 0 aliphatic rings. The molecular weight excluding hydrogens is 245 g/mol. The van der Waals surface area contributed by atoms with Crippen molar-refractivity contribution in [3.8, 4) is 0 Å². The summed E-state index contributed by atoms with van der Waals surface area (Å²) >= 11 is 0. The highest BCUT2D eigenvalue weighted by Crippen LogP contribution is 2.29. The fourth-order valence-corrected chi connectivity index (χ4v) is 1.78. The smallest absolute Gasteiger partial charge is 0.416 e. The first kappa shape index (κ1) is 14.5. The molecule has 2 nitrogen and oxygen atoms in total. The number of carboxylic acid groups (broad SMARTS) is 1. The van der Waals surface area contributed by atoms with E-state index in [2.05, 4.69) is 0 Å². The number of carbonyl (C=O) groups is 1. The van der Waals surface area contributed by atoms with E-state index in [1.165, 1.54) is 12.1 Å². The zero-order valence-electron chi connectivity index (χ0n) is 10.00. The Balaban J connectivity index is 2.76. The van der Waals surface area contributed by atoms with Crippen LogP contribution >= 0.6 is 0 Å². The molecule has 5 heteroatoms. The molecule has 1 aromatic carbocycles. The molecule has 0 aliphatic carbocycles. The second-order valence-corrected chi connectivity index (χ2v) is 4.22. The van der Waals surface area contributed by atoms with Gasteiger partial charge in [0.1, 0.15) is 0 Å². The molecule has 0 spiro atoms. The van der Waals surface area contributed by atoms with Gasteiger partial charge in [0.05, 0.1) is 11.5 Å². The van der Waals surface area contributed by atoms with Crippen molar-refractivity contribution in [1.29, 1.82) is 0 Å². The van der Waals surface area contributed by atoms with Gasteiger partial charge in [0.2, 0.25) is 0 Å². The lowest BCUT2D eigenvalue weighted by molar-refractivity contribution is -0.142. The Morgan fingerprint density at radius 2 is 1.83 bits per heavy atom. The van der Waals surface area contributed by atoms with Crippen LogP contribution in [0.1, 0.15) is 30.9 Å². The van der Waals surface area contributed by atoms with Gasteiger partial charge >= 0.3 is 12.1 Å². The Hall–Kier alpha value is -1.52. The molecule has 1 unspecified atom stereocenters. The van der Waals surface area contributed by atoms with E-state index in [0.717, 1.165) is 18.6 Å². The third-order valence-electron chi connectivity index (χ3n) is 2.75. The maximum Gasteiger partial charge on any atom is 0.416 e. The van der Waals surface area contributed by atoms with Crippen molar-refractivity contribution in [2.45, 2.75) is 32.4 Å². The molecule has 0 aromatic heterocycles. The summed E-state index contributed by atoms with van der Waals surface area (Å²) in [5.41, 5.74) is -0.0996. The molecular formula is C13H15F3O2. The molecule has 0 radical (unpaired) electrons. The first-order valence-corrected chi connectivity index (χ1v) is 5.73. The number of halogens is 3. The van der Waals surface area contributed by atoms with E-state index in [-0.39, 0.29) is 6.42 Å². The summed E-state index contributed by atoms with van der Waals surface area (Å²) in [5, 5.41) is 8.97. The van der Waals surface area contributed by atoms with Gasteiger partial charge in [-0.25, -0.2) is 0 Å². The molecule has 0 bridgehead atoms. The van der Waals surface area contributed by atoms with E-state index in [1.54, 1.807) is 0 Å². The second-order valence-electron chi connectivity index (χ2n) is 4.22. The van der Waals surface area contributed by atoms with E-state index in [1.807, 2.05) is 6.92 Å². The Labute approximate surface area is 103 Å². The minimum atomic E-state index is -4.35. The number of hydrogen-bond acceptors (Lipinski definition) is 1. The van der Waals surface area contributed by atoms with Crippen LogP contribution in [-0.2, 0) is 17.4 Å². The molecule has 0 heterocycles. The highest BCUT2D eigenvalue weighted by molar-refractivity contribution is 5.70. The Kier molecular flexibility index (Phi) is 4.76. The molecule has 0 saturated carbocycles. The van der Waals surface area contributed by atoms with Crippen LogP contribution in [0, 0.1) is 5.92 Å². The monoisotopic (exact) mass is 260 g/mol. The van der Waals surface area contributed by atoms with Gasteiger partial charge in [-0.05, 0) is 30.5 Å². The topological polar surface area (TPSA) is 37.3 Å². The van der Waals surface area contributed by atoms with Gasteiger partial charge in [-0.1, -0.05) is 25.5 Å². The molecule has 1 atom stereocenters. The molecule has 1 aromatic rings. The van der Waals surface area contributed by atoms with Crippen molar-refractivity contribution in [3.05, 3.63) is 35.4 Å². The number of hydrogen-bond donors (Lipinski definition) is 1. The van der Waals surface area contributed by atoms with Crippen LogP contribution in [0.15, 0.2) is 24.3 Å². The van der Waals surface area contributed by atoms with Gasteiger partial charge in [-0.3, -0.25) is 4.79 Å². The third kappa shape index (κ3) is 4.05. The van der Waals surface area contributed by atoms with Gasteiger partial charge < -0.3 is 5.11 Å². The van der Waals surface area contributed by atoms with Crippen molar-refractivity contribution >= 4 is 5.97 Å². The number of alkyl halides is 3. The number of carboxylic acids is 1. The minimum Gasteiger partial charge on any atom is -0.481 e. The normalized spacial score (nSPS) is 13.3. The quantitative estimate of drug-likeness (QED) is 0.875. The molecule has 100 valence electrons. The molecule has 1 N–H and O–H groups in total. The van der Waals surface area contributed by atoms with Crippen LogP contribution in [-0.4, -0.2) is 11.1 Å². The molecule has 18 heavy (non-hydrogen) atoms.